The molecule has 0 amide bonds. The number of hydrogen-bond acceptors (Lipinski definition) is 5. The molecule has 0 aliphatic heterocycles. The number of pyridine rings is 1. The van der Waals surface area contributed by atoms with Crippen LogP contribution in [0.3, 0.4) is 0 Å². The molecule has 0 saturated carbocycles. The van der Waals surface area contributed by atoms with E-state index in [1.807, 2.05) is 48.5 Å². The molecule has 0 atom stereocenters. The van der Waals surface area contributed by atoms with Gasteiger partial charge in [0.2, 0.25) is 5.89 Å². The first-order chi connectivity index (χ1) is 14.3. The second-order valence-corrected chi connectivity index (χ2v) is 6.48. The number of nitrogens with one attached hydrogen (secondary N) is 3. The average molecular weight is 393 g/mol. The lowest BCUT2D eigenvalue weighted by Gasteiger charge is -2.11. The van der Waals surface area contributed by atoms with Crippen LogP contribution in [0.5, 0.6) is 0 Å². The maximum absolute atomic E-state index is 5.57. The smallest absolute Gasteiger partial charge is 0.226 e. The van der Waals surface area contributed by atoms with Crippen LogP contribution in [-0.2, 0) is 6.54 Å². The van der Waals surface area contributed by atoms with Gasteiger partial charge in [0.1, 0.15) is 17.8 Å². The summed E-state index contributed by atoms with van der Waals surface area (Å²) < 4.78 is 5.57. The van der Waals surface area contributed by atoms with Crippen LogP contribution in [0.4, 0.5) is 5.82 Å². The molecule has 3 aromatic rings. The molecule has 7 nitrogen and oxygen atoms in total. The first-order valence-electron chi connectivity index (χ1n) is 10.0. The number of oxazole rings is 1. The van der Waals surface area contributed by atoms with E-state index >= 15 is 0 Å². The summed E-state index contributed by atoms with van der Waals surface area (Å²) in [6.07, 6.45) is 5.54. The van der Waals surface area contributed by atoms with Crippen molar-refractivity contribution in [3.63, 3.8) is 0 Å². The van der Waals surface area contributed by atoms with E-state index in [1.165, 1.54) is 0 Å². The molecule has 1 aromatic carbocycles. The Labute approximate surface area is 171 Å². The Balaban J connectivity index is 1.41. The van der Waals surface area contributed by atoms with Crippen LogP contribution in [0.1, 0.15) is 25.5 Å². The summed E-state index contributed by atoms with van der Waals surface area (Å²) in [6, 6.07) is 15.7. The summed E-state index contributed by atoms with van der Waals surface area (Å²) in [5.41, 5.74) is 1.77. The van der Waals surface area contributed by atoms with E-state index in [0.717, 1.165) is 55.5 Å². The quantitative estimate of drug-likeness (QED) is 0.277. The first-order valence-corrected chi connectivity index (χ1v) is 10.0. The molecule has 7 heteroatoms. The molecule has 0 fully saturated rings. The lowest BCUT2D eigenvalue weighted by molar-refractivity contribution is 0.572. The summed E-state index contributed by atoms with van der Waals surface area (Å²) in [5, 5.41) is 9.95. The molecule has 0 unspecified atom stereocenters. The highest BCUT2D eigenvalue weighted by Gasteiger charge is 2.06. The number of guanidine groups is 1. The van der Waals surface area contributed by atoms with Crippen LogP contribution in [0.15, 0.2) is 70.4 Å². The number of aliphatic imine (C=N–C) groups is 1. The molecular weight excluding hydrogens is 364 g/mol. The number of anilines is 1. The van der Waals surface area contributed by atoms with Gasteiger partial charge >= 0.3 is 0 Å². The first kappa shape index (κ1) is 20.4. The van der Waals surface area contributed by atoms with Crippen molar-refractivity contribution < 1.29 is 4.42 Å². The van der Waals surface area contributed by atoms with E-state index in [1.54, 1.807) is 12.5 Å². The second kappa shape index (κ2) is 11.5. The van der Waals surface area contributed by atoms with E-state index in [9.17, 15) is 0 Å². The number of benzene rings is 1. The van der Waals surface area contributed by atoms with Crippen LogP contribution in [0.25, 0.3) is 11.5 Å². The number of unbranched alkanes of at least 4 members (excludes halogenated alkanes) is 1. The predicted molar refractivity (Wildman–Crippen MR) is 117 cm³/mol. The van der Waals surface area contributed by atoms with Gasteiger partial charge in [-0.3, -0.25) is 0 Å². The molecule has 0 bridgehead atoms. The summed E-state index contributed by atoms with van der Waals surface area (Å²) in [7, 11) is 0. The molecular formula is C22H28N6O. The largest absolute Gasteiger partial charge is 0.444 e. The van der Waals surface area contributed by atoms with E-state index in [-0.39, 0.29) is 0 Å². The Morgan fingerprint density at radius 2 is 1.83 bits per heavy atom. The van der Waals surface area contributed by atoms with Gasteiger partial charge in [-0.2, -0.15) is 0 Å². The minimum Gasteiger partial charge on any atom is -0.444 e. The molecule has 0 radical (unpaired) electrons. The minimum atomic E-state index is 0.465. The molecule has 2 aromatic heterocycles. The highest BCUT2D eigenvalue weighted by atomic mass is 16.3. The zero-order chi connectivity index (χ0) is 20.2. The molecule has 0 aliphatic rings. The fourth-order valence-electron chi connectivity index (χ4n) is 2.74. The van der Waals surface area contributed by atoms with Crippen molar-refractivity contribution in [3.8, 4) is 11.5 Å². The Kier molecular flexibility index (Phi) is 8.07. The van der Waals surface area contributed by atoms with Crippen molar-refractivity contribution in [1.82, 2.24) is 20.6 Å². The van der Waals surface area contributed by atoms with Gasteiger partial charge in [0, 0.05) is 31.4 Å². The van der Waals surface area contributed by atoms with E-state index in [2.05, 4.69) is 37.8 Å². The third kappa shape index (κ3) is 6.95. The van der Waals surface area contributed by atoms with Crippen LogP contribution < -0.4 is 16.0 Å². The van der Waals surface area contributed by atoms with Gasteiger partial charge in [-0.25, -0.2) is 15.0 Å². The monoisotopic (exact) mass is 392 g/mol. The second-order valence-electron chi connectivity index (χ2n) is 6.48. The Morgan fingerprint density at radius 1 is 1.00 bits per heavy atom. The minimum absolute atomic E-state index is 0.465. The van der Waals surface area contributed by atoms with Crippen LogP contribution in [0.2, 0.25) is 0 Å². The van der Waals surface area contributed by atoms with Crippen molar-refractivity contribution in [2.75, 3.05) is 25.0 Å². The Hall–Kier alpha value is -3.35. The van der Waals surface area contributed by atoms with Crippen LogP contribution in [-0.4, -0.2) is 35.6 Å². The lowest BCUT2D eigenvalue weighted by Crippen LogP contribution is -2.37. The van der Waals surface area contributed by atoms with Gasteiger partial charge < -0.3 is 20.4 Å². The number of hydrogen-bond donors (Lipinski definition) is 3. The van der Waals surface area contributed by atoms with Crippen molar-refractivity contribution in [1.29, 1.82) is 0 Å². The van der Waals surface area contributed by atoms with E-state index in [0.29, 0.717) is 12.4 Å². The average Bonchev–Trinajstić information content (AvgIpc) is 3.25. The highest BCUT2D eigenvalue weighted by molar-refractivity contribution is 5.79. The number of aromatic nitrogens is 2. The molecule has 0 aliphatic carbocycles. The van der Waals surface area contributed by atoms with Crippen molar-refractivity contribution in [3.05, 3.63) is 66.7 Å². The topological polar surface area (TPSA) is 87.4 Å². The van der Waals surface area contributed by atoms with Crippen molar-refractivity contribution in [2.45, 2.75) is 26.3 Å². The molecule has 0 spiro atoms. The van der Waals surface area contributed by atoms with Gasteiger partial charge in [0.05, 0.1) is 6.54 Å². The summed E-state index contributed by atoms with van der Waals surface area (Å²) in [6.45, 7) is 5.07. The molecule has 152 valence electrons. The van der Waals surface area contributed by atoms with Crippen molar-refractivity contribution in [2.24, 2.45) is 4.99 Å². The molecule has 0 saturated heterocycles. The van der Waals surface area contributed by atoms with Crippen LogP contribution >= 0.6 is 0 Å². The normalized spacial score (nSPS) is 11.3. The molecule has 2 heterocycles. The predicted octanol–water partition coefficient (Wildman–Crippen LogP) is 3.68. The van der Waals surface area contributed by atoms with Crippen molar-refractivity contribution >= 4 is 11.8 Å². The van der Waals surface area contributed by atoms with E-state index < -0.39 is 0 Å². The third-order valence-corrected chi connectivity index (χ3v) is 4.18. The third-order valence-electron chi connectivity index (χ3n) is 4.18. The summed E-state index contributed by atoms with van der Waals surface area (Å²) in [4.78, 5) is 13.4. The standard InChI is InChI=1S/C22H28N6O/c1-2-23-22(26-15-9-8-14-25-20-12-6-7-13-24-20)27-16-19-17-29-21(28-19)18-10-4-3-5-11-18/h3-7,10-13,17H,2,8-9,14-16H2,1H3,(H,24,25)(H2,23,26,27). The van der Waals surface area contributed by atoms with Crippen LogP contribution in [0, 0.1) is 0 Å². The number of rotatable bonds is 10. The highest BCUT2D eigenvalue weighted by Crippen LogP contribution is 2.18. The fraction of sp³-hybridized carbons (Fsp3) is 0.318. The van der Waals surface area contributed by atoms with Gasteiger partial charge in [-0.05, 0) is 44.0 Å². The fourth-order valence-corrected chi connectivity index (χ4v) is 2.74. The Morgan fingerprint density at radius 3 is 2.62 bits per heavy atom. The van der Waals surface area contributed by atoms with Gasteiger partial charge in [-0.1, -0.05) is 24.3 Å². The summed E-state index contributed by atoms with van der Waals surface area (Å²) in [5.74, 6) is 2.32. The van der Waals surface area contributed by atoms with Gasteiger partial charge in [0.15, 0.2) is 5.96 Å². The Bertz CT molecular complexity index is 863. The SMILES string of the molecule is CCNC(=NCc1coc(-c2ccccc2)n1)NCCCCNc1ccccn1. The summed E-state index contributed by atoms with van der Waals surface area (Å²) >= 11 is 0. The van der Waals surface area contributed by atoms with Gasteiger partial charge in [0.25, 0.3) is 0 Å². The molecule has 29 heavy (non-hydrogen) atoms. The number of nitrogens with zero attached hydrogens (tertiary/aromatic N) is 3. The molecule has 3 N–H and O–H groups in total. The molecule has 3 rings (SSSR count). The van der Waals surface area contributed by atoms with E-state index in [4.69, 9.17) is 4.42 Å². The zero-order valence-corrected chi connectivity index (χ0v) is 16.8. The maximum Gasteiger partial charge on any atom is 0.226 e. The lowest BCUT2D eigenvalue weighted by atomic mass is 10.2. The zero-order valence-electron chi connectivity index (χ0n) is 16.8. The van der Waals surface area contributed by atoms with Gasteiger partial charge in [-0.15, -0.1) is 0 Å². The maximum atomic E-state index is 5.57.